The number of alkyl carbamates (subject to hydrolysis) is 2. The summed E-state index contributed by atoms with van der Waals surface area (Å²) in [7, 11) is 2.58. The van der Waals surface area contributed by atoms with E-state index >= 15 is 0 Å². The summed E-state index contributed by atoms with van der Waals surface area (Å²) in [5.74, 6) is 1.14. The number of imidazole rings is 2. The van der Waals surface area contributed by atoms with Gasteiger partial charge in [-0.15, -0.1) is 0 Å². The maximum absolute atomic E-state index is 14.0. The monoisotopic (exact) mass is 802 g/mol. The molecule has 0 bridgehead atoms. The molecular weight excluding hydrogens is 753 g/mol. The number of amides is 4. The number of rotatable bonds is 10. The summed E-state index contributed by atoms with van der Waals surface area (Å²) < 4.78 is 15.0. The highest BCUT2D eigenvalue weighted by Crippen LogP contribution is 2.36. The Bertz CT molecular complexity index is 2320. The summed E-state index contributed by atoms with van der Waals surface area (Å²) in [6.07, 6.45) is 7.03. The molecule has 0 unspecified atom stereocenters. The Morgan fingerprint density at radius 1 is 0.678 bits per heavy atom. The first-order valence-corrected chi connectivity index (χ1v) is 20.3. The topological polar surface area (TPSA) is 184 Å². The minimum absolute atomic E-state index is 0.0256. The van der Waals surface area contributed by atoms with Crippen LogP contribution in [-0.2, 0) is 23.8 Å². The predicted molar refractivity (Wildman–Crippen MR) is 220 cm³/mol. The maximum Gasteiger partial charge on any atom is 0.407 e. The molecule has 3 aliphatic rings. The summed E-state index contributed by atoms with van der Waals surface area (Å²) in [6.45, 7) is 3.97. The Hall–Kier alpha value is -6.22. The lowest BCUT2D eigenvalue weighted by Crippen LogP contribution is -2.53. The molecule has 0 spiro atoms. The molecule has 2 aromatic heterocycles. The van der Waals surface area contributed by atoms with Gasteiger partial charge in [0.2, 0.25) is 11.8 Å². The molecule has 15 heteroatoms. The van der Waals surface area contributed by atoms with Crippen LogP contribution in [0.25, 0.3) is 44.4 Å². The molecule has 3 saturated heterocycles. The highest BCUT2D eigenvalue weighted by Gasteiger charge is 2.40. The van der Waals surface area contributed by atoms with Gasteiger partial charge in [0.05, 0.1) is 50.1 Å². The van der Waals surface area contributed by atoms with Crippen LogP contribution in [0.2, 0.25) is 0 Å². The van der Waals surface area contributed by atoms with Crippen LogP contribution >= 0.6 is 0 Å². The Morgan fingerprint density at radius 2 is 1.19 bits per heavy atom. The SMILES string of the molecule is COC(=O)N[C@@H](C)C(=O)N1CCC[C@H]1c1ncc(-c2ccc3cc(-c4ccc(-c5cnc([C@@H]6CCCN6C(=O)[C@@H](NC(=O)OC)C6CCOCC6)[nH]5)cc4)ccc3c2)[nH]1. The summed E-state index contributed by atoms with van der Waals surface area (Å²) in [6, 6.07) is 19.3. The van der Waals surface area contributed by atoms with Gasteiger partial charge in [-0.05, 0) is 91.0 Å². The first kappa shape index (κ1) is 39.6. The molecule has 8 rings (SSSR count). The van der Waals surface area contributed by atoms with Crippen LogP contribution in [0.1, 0.15) is 69.2 Å². The molecule has 3 aromatic carbocycles. The number of carbonyl (C=O) groups is 4. The number of hydrogen-bond donors (Lipinski definition) is 4. The van der Waals surface area contributed by atoms with Crippen molar-refractivity contribution in [2.24, 2.45) is 5.92 Å². The van der Waals surface area contributed by atoms with Crippen molar-refractivity contribution in [2.45, 2.75) is 69.6 Å². The first-order chi connectivity index (χ1) is 28.7. The predicted octanol–water partition coefficient (Wildman–Crippen LogP) is 6.51. The number of ether oxygens (including phenoxy) is 3. The lowest BCUT2D eigenvalue weighted by Gasteiger charge is -2.34. The number of fused-ring (bicyclic) bond motifs is 1. The Balaban J connectivity index is 0.932. The summed E-state index contributed by atoms with van der Waals surface area (Å²) in [5.41, 5.74) is 5.88. The number of carbonyl (C=O) groups excluding carboxylic acids is 4. The number of benzene rings is 3. The highest BCUT2D eigenvalue weighted by molar-refractivity contribution is 5.91. The third-order valence-electron chi connectivity index (χ3n) is 11.9. The molecule has 308 valence electrons. The number of nitrogens with zero attached hydrogens (tertiary/aromatic N) is 4. The van der Waals surface area contributed by atoms with E-state index in [-0.39, 0.29) is 29.8 Å². The quantitative estimate of drug-likeness (QED) is 0.122. The van der Waals surface area contributed by atoms with Gasteiger partial charge in [0.25, 0.3) is 0 Å². The fourth-order valence-corrected chi connectivity index (χ4v) is 8.71. The van der Waals surface area contributed by atoms with Gasteiger partial charge in [-0.1, -0.05) is 48.5 Å². The van der Waals surface area contributed by atoms with Gasteiger partial charge in [0.15, 0.2) is 0 Å². The van der Waals surface area contributed by atoms with Crippen LogP contribution in [0, 0.1) is 5.92 Å². The smallest absolute Gasteiger partial charge is 0.407 e. The summed E-state index contributed by atoms with van der Waals surface area (Å²) in [4.78, 5) is 71.0. The zero-order valence-electron chi connectivity index (χ0n) is 33.5. The van der Waals surface area contributed by atoms with Crippen molar-refractivity contribution in [3.8, 4) is 33.6 Å². The third-order valence-corrected chi connectivity index (χ3v) is 11.9. The molecule has 0 aliphatic carbocycles. The van der Waals surface area contributed by atoms with E-state index < -0.39 is 24.3 Å². The summed E-state index contributed by atoms with van der Waals surface area (Å²) >= 11 is 0. The van der Waals surface area contributed by atoms with Gasteiger partial charge >= 0.3 is 12.2 Å². The Morgan fingerprint density at radius 3 is 1.80 bits per heavy atom. The lowest BCUT2D eigenvalue weighted by atomic mass is 9.90. The number of nitrogens with one attached hydrogen (secondary N) is 4. The number of methoxy groups -OCH3 is 2. The van der Waals surface area contributed by atoms with E-state index in [0.717, 1.165) is 81.7 Å². The van der Waals surface area contributed by atoms with Crippen LogP contribution in [0.4, 0.5) is 9.59 Å². The molecule has 0 saturated carbocycles. The molecule has 4 amide bonds. The van der Waals surface area contributed by atoms with Crippen LogP contribution in [0.3, 0.4) is 0 Å². The van der Waals surface area contributed by atoms with Crippen LogP contribution in [0.15, 0.2) is 73.1 Å². The molecule has 59 heavy (non-hydrogen) atoms. The van der Waals surface area contributed by atoms with E-state index in [1.807, 2.05) is 17.3 Å². The molecule has 4 N–H and O–H groups in total. The number of H-pyrrole nitrogens is 2. The van der Waals surface area contributed by atoms with E-state index in [0.29, 0.717) is 39.1 Å². The maximum atomic E-state index is 14.0. The third kappa shape index (κ3) is 8.37. The van der Waals surface area contributed by atoms with Crippen molar-refractivity contribution in [2.75, 3.05) is 40.5 Å². The van der Waals surface area contributed by atoms with E-state index in [4.69, 9.17) is 14.5 Å². The van der Waals surface area contributed by atoms with E-state index in [1.54, 1.807) is 11.8 Å². The van der Waals surface area contributed by atoms with Gasteiger partial charge in [-0.2, -0.15) is 0 Å². The number of aromatic amines is 2. The Labute approximate surface area is 342 Å². The minimum atomic E-state index is -0.708. The van der Waals surface area contributed by atoms with Crippen molar-refractivity contribution in [3.63, 3.8) is 0 Å². The largest absolute Gasteiger partial charge is 0.453 e. The molecule has 4 atom stereocenters. The number of aromatic nitrogens is 4. The van der Waals surface area contributed by atoms with Gasteiger partial charge < -0.3 is 44.6 Å². The second-order valence-electron chi connectivity index (χ2n) is 15.5. The first-order valence-electron chi connectivity index (χ1n) is 20.3. The molecule has 5 aromatic rings. The van der Waals surface area contributed by atoms with Crippen molar-refractivity contribution in [1.82, 2.24) is 40.4 Å². The lowest BCUT2D eigenvalue weighted by molar-refractivity contribution is -0.137. The van der Waals surface area contributed by atoms with Crippen LogP contribution < -0.4 is 10.6 Å². The molecular formula is C44H50N8O7. The standard InChI is InChI=1S/C44H50N8O7/c1-26(47-43(55)57-2)41(53)51-18-4-6-36(51)39-46-25-35(49-39)33-15-14-31-22-30(12-13-32(31)23-33)27-8-10-28(11-9-27)34-24-45-40(48-34)37-7-5-19-52(37)42(54)38(50-44(56)58-3)29-16-20-59-21-17-29/h8-15,22-26,29,36-38H,4-7,16-21H2,1-3H3,(H,45,48)(H,46,49)(H,47,55)(H,50,56)/t26-,36-,37-,38-/m0/s1. The second kappa shape index (κ2) is 17.3. The molecule has 5 heterocycles. The highest BCUT2D eigenvalue weighted by atomic mass is 16.5. The second-order valence-corrected chi connectivity index (χ2v) is 15.5. The van der Waals surface area contributed by atoms with Crippen molar-refractivity contribution < 1.29 is 33.4 Å². The fourth-order valence-electron chi connectivity index (χ4n) is 8.71. The van der Waals surface area contributed by atoms with E-state index in [2.05, 4.69) is 91.0 Å². The zero-order chi connectivity index (χ0) is 41.0. The van der Waals surface area contributed by atoms with Gasteiger partial charge in [-0.25, -0.2) is 19.6 Å². The molecule has 0 radical (unpaired) electrons. The van der Waals surface area contributed by atoms with E-state index in [1.165, 1.54) is 14.2 Å². The zero-order valence-corrected chi connectivity index (χ0v) is 33.5. The van der Waals surface area contributed by atoms with Gasteiger partial charge in [0.1, 0.15) is 23.7 Å². The number of likely N-dealkylation sites (tertiary alicyclic amines) is 2. The molecule has 3 fully saturated rings. The molecule has 3 aliphatic heterocycles. The van der Waals surface area contributed by atoms with E-state index in [9.17, 15) is 19.2 Å². The Kier molecular flexibility index (Phi) is 11.6. The average Bonchev–Trinajstić information content (AvgIpc) is 4.12. The fraction of sp³-hybridized carbons (Fsp3) is 0.409. The van der Waals surface area contributed by atoms with Crippen LogP contribution in [0.5, 0.6) is 0 Å². The van der Waals surface area contributed by atoms with Crippen LogP contribution in [-0.4, -0.2) is 106 Å². The normalized spacial score (nSPS) is 19.4. The van der Waals surface area contributed by atoms with Gasteiger partial charge in [0, 0.05) is 31.9 Å². The van der Waals surface area contributed by atoms with Gasteiger partial charge in [-0.3, -0.25) is 9.59 Å². The average molecular weight is 803 g/mol. The van der Waals surface area contributed by atoms with Crippen molar-refractivity contribution >= 4 is 34.8 Å². The molecule has 15 nitrogen and oxygen atoms in total. The summed E-state index contributed by atoms with van der Waals surface area (Å²) in [5, 5.41) is 7.57. The van der Waals surface area contributed by atoms with Crippen molar-refractivity contribution in [1.29, 1.82) is 0 Å². The minimum Gasteiger partial charge on any atom is -0.453 e. The van der Waals surface area contributed by atoms with Crippen molar-refractivity contribution in [3.05, 3.63) is 84.7 Å². The number of hydrogen-bond acceptors (Lipinski definition) is 9.